The Labute approximate surface area is 153 Å². The van der Waals surface area contributed by atoms with Gasteiger partial charge in [0.25, 0.3) is 0 Å². The smallest absolute Gasteiger partial charge is 0.243 e. The molecule has 138 valence electrons. The number of sulfonamides is 1. The number of amides is 1. The number of benzene rings is 2. The van der Waals surface area contributed by atoms with Gasteiger partial charge in [0.05, 0.1) is 11.4 Å². The van der Waals surface area contributed by atoms with E-state index in [4.69, 9.17) is 0 Å². The molecule has 0 heterocycles. The summed E-state index contributed by atoms with van der Waals surface area (Å²) in [6, 6.07) is 12.8. The number of hydrogen-bond donors (Lipinski definition) is 2. The van der Waals surface area contributed by atoms with Crippen molar-refractivity contribution >= 4 is 33.1 Å². The Kier molecular flexibility index (Phi) is 6.12. The van der Waals surface area contributed by atoms with Crippen LogP contribution in [0.2, 0.25) is 0 Å². The molecule has 0 aliphatic rings. The largest absolute Gasteiger partial charge is 0.376 e. The molecule has 7 nitrogen and oxygen atoms in total. The first-order valence-electron chi connectivity index (χ1n) is 7.87. The minimum atomic E-state index is -3.50. The van der Waals surface area contributed by atoms with Gasteiger partial charge in [0.15, 0.2) is 5.78 Å². The van der Waals surface area contributed by atoms with Gasteiger partial charge in [0, 0.05) is 31.0 Å². The molecule has 2 rings (SSSR count). The molecule has 8 heteroatoms. The van der Waals surface area contributed by atoms with E-state index in [0.29, 0.717) is 16.9 Å². The summed E-state index contributed by atoms with van der Waals surface area (Å²) >= 11 is 0. The van der Waals surface area contributed by atoms with E-state index in [9.17, 15) is 18.0 Å². The number of hydrogen-bond acceptors (Lipinski definition) is 5. The van der Waals surface area contributed by atoms with Gasteiger partial charge in [-0.1, -0.05) is 12.1 Å². The summed E-state index contributed by atoms with van der Waals surface area (Å²) in [5.74, 6) is -0.340. The van der Waals surface area contributed by atoms with Gasteiger partial charge in [-0.05, 0) is 43.3 Å². The molecule has 2 aromatic carbocycles. The van der Waals surface area contributed by atoms with Gasteiger partial charge in [-0.2, -0.15) is 0 Å². The molecular weight excluding hydrogens is 354 g/mol. The number of rotatable bonds is 7. The number of carbonyl (C=O) groups excluding carboxylic acids is 2. The van der Waals surface area contributed by atoms with Crippen molar-refractivity contribution in [2.75, 3.05) is 31.3 Å². The van der Waals surface area contributed by atoms with Crippen molar-refractivity contribution in [3.05, 3.63) is 54.1 Å². The third kappa shape index (κ3) is 4.90. The highest BCUT2D eigenvalue weighted by Crippen LogP contribution is 2.16. The lowest BCUT2D eigenvalue weighted by Crippen LogP contribution is -2.23. The lowest BCUT2D eigenvalue weighted by molar-refractivity contribution is -0.114. The van der Waals surface area contributed by atoms with Crippen molar-refractivity contribution in [1.82, 2.24) is 4.31 Å². The lowest BCUT2D eigenvalue weighted by atomic mass is 10.1. The number of nitrogens with zero attached hydrogens (tertiary/aromatic N) is 1. The Balaban J connectivity index is 1.96. The lowest BCUT2D eigenvalue weighted by Gasteiger charge is -2.12. The first kappa shape index (κ1) is 19.6. The maximum atomic E-state index is 12.0. The van der Waals surface area contributed by atoms with Crippen molar-refractivity contribution in [3.8, 4) is 0 Å². The predicted octanol–water partition coefficient (Wildman–Crippen LogP) is 2.19. The van der Waals surface area contributed by atoms with Gasteiger partial charge in [-0.15, -0.1) is 0 Å². The molecule has 0 unspecified atom stereocenters. The highest BCUT2D eigenvalue weighted by molar-refractivity contribution is 7.89. The molecule has 2 aromatic rings. The average molecular weight is 375 g/mol. The summed E-state index contributed by atoms with van der Waals surface area (Å²) in [7, 11) is -0.586. The van der Waals surface area contributed by atoms with Gasteiger partial charge in [0.2, 0.25) is 15.9 Å². The Hall–Kier alpha value is -2.71. The van der Waals surface area contributed by atoms with Gasteiger partial charge >= 0.3 is 0 Å². The second kappa shape index (κ2) is 8.11. The number of anilines is 2. The third-order valence-electron chi connectivity index (χ3n) is 3.64. The predicted molar refractivity (Wildman–Crippen MR) is 101 cm³/mol. The van der Waals surface area contributed by atoms with Crippen LogP contribution in [-0.4, -0.2) is 45.1 Å². The molecule has 0 saturated carbocycles. The van der Waals surface area contributed by atoms with Crippen molar-refractivity contribution in [1.29, 1.82) is 0 Å². The van der Waals surface area contributed by atoms with E-state index >= 15 is 0 Å². The van der Waals surface area contributed by atoms with Gasteiger partial charge in [-0.25, -0.2) is 12.7 Å². The van der Waals surface area contributed by atoms with E-state index < -0.39 is 10.0 Å². The maximum absolute atomic E-state index is 12.0. The summed E-state index contributed by atoms with van der Waals surface area (Å²) in [6.07, 6.45) is 0. The van der Waals surface area contributed by atoms with Crippen LogP contribution >= 0.6 is 0 Å². The normalized spacial score (nSPS) is 11.2. The Morgan fingerprint density at radius 2 is 1.65 bits per heavy atom. The van der Waals surface area contributed by atoms with Crippen LogP contribution in [-0.2, 0) is 14.8 Å². The average Bonchev–Trinajstić information content (AvgIpc) is 2.60. The first-order valence-corrected chi connectivity index (χ1v) is 9.31. The Morgan fingerprint density at radius 3 is 2.23 bits per heavy atom. The van der Waals surface area contributed by atoms with Crippen molar-refractivity contribution < 1.29 is 18.0 Å². The topological polar surface area (TPSA) is 95.6 Å². The summed E-state index contributed by atoms with van der Waals surface area (Å²) in [5.41, 5.74) is 1.72. The molecule has 2 N–H and O–H groups in total. The Bertz CT molecular complexity index is 906. The zero-order chi connectivity index (χ0) is 19.3. The molecule has 1 amide bonds. The molecule has 0 saturated heterocycles. The summed E-state index contributed by atoms with van der Waals surface area (Å²) in [6.45, 7) is 1.49. The van der Waals surface area contributed by atoms with Crippen LogP contribution in [0.3, 0.4) is 0 Å². The third-order valence-corrected chi connectivity index (χ3v) is 5.47. The molecule has 0 radical (unpaired) electrons. The van der Waals surface area contributed by atoms with Gasteiger partial charge in [-0.3, -0.25) is 9.59 Å². The number of Topliss-reactive ketones (excluding diaryl/α,β-unsaturated/α-hetero) is 1. The van der Waals surface area contributed by atoms with E-state index in [0.717, 1.165) is 4.31 Å². The van der Waals surface area contributed by atoms with Crippen molar-refractivity contribution in [3.63, 3.8) is 0 Å². The number of ketones is 1. The molecule has 0 bridgehead atoms. The summed E-state index contributed by atoms with van der Waals surface area (Å²) in [4.78, 5) is 23.5. The second-order valence-electron chi connectivity index (χ2n) is 5.85. The van der Waals surface area contributed by atoms with E-state index in [1.807, 2.05) is 0 Å². The molecular formula is C18H21N3O4S. The highest BCUT2D eigenvalue weighted by atomic mass is 32.2. The van der Waals surface area contributed by atoms with Crippen LogP contribution < -0.4 is 10.6 Å². The van der Waals surface area contributed by atoms with Gasteiger partial charge < -0.3 is 10.6 Å². The fraction of sp³-hybridized carbons (Fsp3) is 0.222. The van der Waals surface area contributed by atoms with E-state index in [1.165, 1.54) is 45.3 Å². The van der Waals surface area contributed by atoms with Crippen LogP contribution in [0.25, 0.3) is 0 Å². The zero-order valence-electron chi connectivity index (χ0n) is 14.8. The van der Waals surface area contributed by atoms with Crippen molar-refractivity contribution in [2.24, 2.45) is 0 Å². The number of nitrogens with one attached hydrogen (secondary N) is 2. The van der Waals surface area contributed by atoms with Crippen molar-refractivity contribution in [2.45, 2.75) is 11.8 Å². The minimum Gasteiger partial charge on any atom is -0.376 e. The zero-order valence-corrected chi connectivity index (χ0v) is 15.6. The first-order chi connectivity index (χ1) is 12.2. The maximum Gasteiger partial charge on any atom is 0.243 e. The summed E-state index contributed by atoms with van der Waals surface area (Å²) in [5, 5.41) is 5.62. The van der Waals surface area contributed by atoms with Crippen LogP contribution in [0.4, 0.5) is 11.4 Å². The molecule has 0 spiro atoms. The van der Waals surface area contributed by atoms with E-state index in [2.05, 4.69) is 10.6 Å². The highest BCUT2D eigenvalue weighted by Gasteiger charge is 2.16. The molecule has 0 fully saturated rings. The fourth-order valence-electron chi connectivity index (χ4n) is 2.16. The molecule has 0 aliphatic carbocycles. The van der Waals surface area contributed by atoms with E-state index in [1.54, 1.807) is 24.3 Å². The van der Waals surface area contributed by atoms with Crippen LogP contribution in [0, 0.1) is 0 Å². The second-order valence-corrected chi connectivity index (χ2v) is 8.00. The van der Waals surface area contributed by atoms with E-state index in [-0.39, 0.29) is 23.1 Å². The standard InChI is InChI=1S/C18H21N3O4S/c1-13(22)14-5-4-6-16(11-14)19-12-18(23)20-15-7-9-17(10-8-15)26(24,25)21(2)3/h4-11,19H,12H2,1-3H3,(H,20,23). The Morgan fingerprint density at radius 1 is 1.00 bits per heavy atom. The quantitative estimate of drug-likeness (QED) is 0.723. The van der Waals surface area contributed by atoms with Gasteiger partial charge in [0.1, 0.15) is 0 Å². The number of carbonyl (C=O) groups is 2. The molecule has 0 atom stereocenters. The SMILES string of the molecule is CC(=O)c1cccc(NCC(=O)Nc2ccc(S(=O)(=O)N(C)C)cc2)c1. The fourth-order valence-corrected chi connectivity index (χ4v) is 3.06. The minimum absolute atomic E-state index is 0.0130. The van der Waals surface area contributed by atoms with Crippen LogP contribution in [0.1, 0.15) is 17.3 Å². The summed E-state index contributed by atoms with van der Waals surface area (Å²) < 4.78 is 25.1. The molecule has 0 aliphatic heterocycles. The monoisotopic (exact) mass is 375 g/mol. The van der Waals surface area contributed by atoms with Crippen LogP contribution in [0.15, 0.2) is 53.4 Å². The molecule has 26 heavy (non-hydrogen) atoms. The molecule has 0 aromatic heterocycles. The van der Waals surface area contributed by atoms with Crippen LogP contribution in [0.5, 0.6) is 0 Å².